The molecule has 0 amide bonds. The van der Waals surface area contributed by atoms with Gasteiger partial charge in [0.25, 0.3) is 0 Å². The van der Waals surface area contributed by atoms with Crippen LogP contribution >= 0.6 is 28.1 Å². The largest absolute Gasteiger partial charge is 0.351 e. The number of rotatable bonds is 3. The summed E-state index contributed by atoms with van der Waals surface area (Å²) in [6, 6.07) is 17.0. The van der Waals surface area contributed by atoms with Crippen molar-refractivity contribution in [2.24, 2.45) is 0 Å². The number of Topliss-reactive ketones (excluding diaryl/α,β-unsaturated/α-hetero) is 1. The van der Waals surface area contributed by atoms with Gasteiger partial charge in [-0.1, -0.05) is 58.4 Å². The normalized spacial score (nSPS) is 17.7. The predicted octanol–water partition coefficient (Wildman–Crippen LogP) is 4.47. The molecule has 1 N–H and O–H groups in total. The summed E-state index contributed by atoms with van der Waals surface area (Å²) in [6.45, 7) is 1.94. The number of benzene rings is 2. The number of thiocarbonyl (C=S) groups is 1. The van der Waals surface area contributed by atoms with E-state index in [9.17, 15) is 4.79 Å². The Morgan fingerprint density at radius 3 is 2.38 bits per heavy atom. The Balaban J connectivity index is 2.11. The van der Waals surface area contributed by atoms with Crippen molar-refractivity contribution in [1.29, 1.82) is 0 Å². The lowest BCUT2D eigenvalue weighted by molar-refractivity contribution is 0.102. The molecule has 3 nitrogen and oxygen atoms in total. The Morgan fingerprint density at radius 2 is 1.75 bits per heavy atom. The Hall–Kier alpha value is -1.98. The summed E-state index contributed by atoms with van der Waals surface area (Å²) >= 11 is 8.87. The van der Waals surface area contributed by atoms with Gasteiger partial charge in [-0.25, -0.2) is 0 Å². The molecule has 0 fully saturated rings. The Morgan fingerprint density at radius 1 is 1.12 bits per heavy atom. The van der Waals surface area contributed by atoms with Crippen molar-refractivity contribution in [2.45, 2.75) is 13.0 Å². The van der Waals surface area contributed by atoms with Crippen molar-refractivity contribution in [3.8, 4) is 0 Å². The van der Waals surface area contributed by atoms with E-state index in [0.29, 0.717) is 10.7 Å². The van der Waals surface area contributed by atoms with E-state index in [-0.39, 0.29) is 11.8 Å². The van der Waals surface area contributed by atoms with E-state index in [0.717, 1.165) is 21.3 Å². The molecule has 0 bridgehead atoms. The standard InChI is InChI=1S/C19H17BrN2OS/c1-12-16(18(23)14-6-4-3-5-7-14)17(21-19(24)22(12)2)13-8-10-15(20)11-9-13/h3-11,17H,1-2H3,(H,21,24). The van der Waals surface area contributed by atoms with Crippen LogP contribution in [0.3, 0.4) is 0 Å². The zero-order valence-electron chi connectivity index (χ0n) is 13.4. The molecular formula is C19H17BrN2OS. The Bertz CT molecular complexity index is 815. The van der Waals surface area contributed by atoms with Crippen LogP contribution in [0.1, 0.15) is 28.9 Å². The van der Waals surface area contributed by atoms with Gasteiger partial charge >= 0.3 is 0 Å². The predicted molar refractivity (Wildman–Crippen MR) is 104 cm³/mol. The van der Waals surface area contributed by atoms with Crippen molar-refractivity contribution in [3.05, 3.63) is 81.5 Å². The first-order valence-electron chi connectivity index (χ1n) is 7.59. The summed E-state index contributed by atoms with van der Waals surface area (Å²) in [4.78, 5) is 15.0. The first kappa shape index (κ1) is 16.9. The lowest BCUT2D eigenvalue weighted by Crippen LogP contribution is -2.45. The monoisotopic (exact) mass is 400 g/mol. The van der Waals surface area contributed by atoms with E-state index >= 15 is 0 Å². The molecule has 0 saturated heterocycles. The third-order valence-corrected chi connectivity index (χ3v) is 5.16. The summed E-state index contributed by atoms with van der Waals surface area (Å²) in [5.74, 6) is 0.0165. The summed E-state index contributed by atoms with van der Waals surface area (Å²) in [5.41, 5.74) is 3.28. The van der Waals surface area contributed by atoms with Crippen LogP contribution < -0.4 is 5.32 Å². The first-order valence-corrected chi connectivity index (χ1v) is 8.79. The molecule has 5 heteroatoms. The molecule has 122 valence electrons. The zero-order chi connectivity index (χ0) is 17.3. The van der Waals surface area contributed by atoms with Gasteiger partial charge in [0.1, 0.15) is 0 Å². The van der Waals surface area contributed by atoms with Gasteiger partial charge in [0, 0.05) is 28.4 Å². The highest BCUT2D eigenvalue weighted by Crippen LogP contribution is 2.32. The van der Waals surface area contributed by atoms with Gasteiger partial charge in [0.05, 0.1) is 6.04 Å². The summed E-state index contributed by atoms with van der Waals surface area (Å²) in [7, 11) is 1.88. The molecule has 24 heavy (non-hydrogen) atoms. The molecule has 1 aliphatic rings. The fraction of sp³-hybridized carbons (Fsp3) is 0.158. The summed E-state index contributed by atoms with van der Waals surface area (Å²) < 4.78 is 0.999. The van der Waals surface area contributed by atoms with E-state index in [4.69, 9.17) is 12.2 Å². The van der Waals surface area contributed by atoms with Crippen LogP contribution in [-0.4, -0.2) is 22.8 Å². The minimum absolute atomic E-state index is 0.0165. The molecular weight excluding hydrogens is 384 g/mol. The Kier molecular flexibility index (Phi) is 4.83. The Labute approximate surface area is 155 Å². The van der Waals surface area contributed by atoms with Crippen molar-refractivity contribution >= 4 is 39.0 Å². The molecule has 1 unspecified atom stereocenters. The highest BCUT2D eigenvalue weighted by molar-refractivity contribution is 9.10. The van der Waals surface area contributed by atoms with E-state index in [1.807, 2.05) is 73.5 Å². The zero-order valence-corrected chi connectivity index (χ0v) is 15.8. The lowest BCUT2D eigenvalue weighted by Gasteiger charge is -2.36. The SMILES string of the molecule is CC1=C(C(=O)c2ccccc2)C(c2ccc(Br)cc2)NC(=S)N1C. The number of carbonyl (C=O) groups excluding carboxylic acids is 1. The molecule has 0 saturated carbocycles. The average Bonchev–Trinajstić information content (AvgIpc) is 2.60. The maximum Gasteiger partial charge on any atom is 0.193 e. The molecule has 0 radical (unpaired) electrons. The number of hydrogen-bond acceptors (Lipinski definition) is 2. The van der Waals surface area contributed by atoms with Crippen LogP contribution in [0.25, 0.3) is 0 Å². The van der Waals surface area contributed by atoms with Gasteiger partial charge in [-0.2, -0.15) is 0 Å². The first-order chi connectivity index (χ1) is 11.5. The molecule has 2 aromatic rings. The second-order valence-electron chi connectivity index (χ2n) is 5.69. The molecule has 0 aromatic heterocycles. The lowest BCUT2D eigenvalue weighted by atomic mass is 9.89. The highest BCUT2D eigenvalue weighted by atomic mass is 79.9. The third kappa shape index (κ3) is 3.14. The number of carbonyl (C=O) groups is 1. The van der Waals surface area contributed by atoms with E-state index in [1.54, 1.807) is 0 Å². The summed E-state index contributed by atoms with van der Waals surface area (Å²) in [6.07, 6.45) is 0. The van der Waals surface area contributed by atoms with Gasteiger partial charge in [0.15, 0.2) is 10.9 Å². The van der Waals surface area contributed by atoms with Crippen molar-refractivity contribution in [3.63, 3.8) is 0 Å². The molecule has 1 atom stereocenters. The van der Waals surface area contributed by atoms with E-state index in [2.05, 4.69) is 21.2 Å². The fourth-order valence-electron chi connectivity index (χ4n) is 2.78. The second kappa shape index (κ2) is 6.87. The number of halogens is 1. The maximum atomic E-state index is 13.1. The van der Waals surface area contributed by atoms with Crippen LogP contribution in [0.5, 0.6) is 0 Å². The second-order valence-corrected chi connectivity index (χ2v) is 6.99. The minimum Gasteiger partial charge on any atom is -0.351 e. The highest BCUT2D eigenvalue weighted by Gasteiger charge is 2.32. The number of allylic oxidation sites excluding steroid dienone is 1. The molecule has 0 spiro atoms. The number of nitrogens with one attached hydrogen (secondary N) is 1. The average molecular weight is 401 g/mol. The molecule has 1 aliphatic heterocycles. The van der Waals surface area contributed by atoms with Crippen LogP contribution in [-0.2, 0) is 0 Å². The third-order valence-electron chi connectivity index (χ3n) is 4.24. The van der Waals surface area contributed by atoms with Gasteiger partial charge < -0.3 is 10.2 Å². The molecule has 2 aromatic carbocycles. The number of hydrogen-bond donors (Lipinski definition) is 1. The van der Waals surface area contributed by atoms with Gasteiger partial charge in [-0.05, 0) is 36.8 Å². The van der Waals surface area contributed by atoms with Gasteiger partial charge in [-0.3, -0.25) is 4.79 Å². The van der Waals surface area contributed by atoms with Crippen LogP contribution in [0.15, 0.2) is 70.3 Å². The van der Waals surface area contributed by atoms with Crippen molar-refractivity contribution in [1.82, 2.24) is 10.2 Å². The van der Waals surface area contributed by atoms with Crippen LogP contribution in [0.4, 0.5) is 0 Å². The van der Waals surface area contributed by atoms with E-state index < -0.39 is 0 Å². The maximum absolute atomic E-state index is 13.1. The van der Waals surface area contributed by atoms with Crippen molar-refractivity contribution < 1.29 is 4.79 Å². The van der Waals surface area contributed by atoms with Crippen LogP contribution in [0.2, 0.25) is 0 Å². The number of nitrogens with zero attached hydrogens (tertiary/aromatic N) is 1. The number of ketones is 1. The summed E-state index contributed by atoms with van der Waals surface area (Å²) in [5, 5.41) is 3.91. The van der Waals surface area contributed by atoms with Gasteiger partial charge in [-0.15, -0.1) is 0 Å². The molecule has 1 heterocycles. The topological polar surface area (TPSA) is 32.3 Å². The fourth-order valence-corrected chi connectivity index (χ4v) is 3.30. The molecule has 3 rings (SSSR count). The van der Waals surface area contributed by atoms with Crippen molar-refractivity contribution in [2.75, 3.05) is 7.05 Å². The van der Waals surface area contributed by atoms with Crippen LogP contribution in [0, 0.1) is 0 Å². The smallest absolute Gasteiger partial charge is 0.193 e. The minimum atomic E-state index is -0.255. The molecule has 0 aliphatic carbocycles. The van der Waals surface area contributed by atoms with E-state index in [1.165, 1.54) is 0 Å². The van der Waals surface area contributed by atoms with Gasteiger partial charge in [0.2, 0.25) is 0 Å². The quantitative estimate of drug-likeness (QED) is 0.608.